The number of rotatable bonds is 25. The van der Waals surface area contributed by atoms with Crippen LogP contribution >= 0.6 is 0 Å². The van der Waals surface area contributed by atoms with E-state index in [0.717, 1.165) is 32.2 Å². The minimum absolute atomic E-state index is 0.0578. The zero-order valence-corrected chi connectivity index (χ0v) is 22.5. The average molecular weight is 468 g/mol. The van der Waals surface area contributed by atoms with Gasteiger partial charge >= 0.3 is 0 Å². The molecule has 0 atom stereocenters. The van der Waals surface area contributed by atoms with E-state index in [9.17, 15) is 9.59 Å². The van der Waals surface area contributed by atoms with Gasteiger partial charge < -0.3 is 16.0 Å². The van der Waals surface area contributed by atoms with Gasteiger partial charge in [0, 0.05) is 12.8 Å². The average Bonchev–Trinajstić information content (AvgIpc) is 2.80. The van der Waals surface area contributed by atoms with E-state index in [4.69, 9.17) is 0 Å². The molecular weight excluding hydrogens is 410 g/mol. The number of amides is 2. The molecule has 0 aromatic rings. The van der Waals surface area contributed by atoms with Crippen LogP contribution in [0.25, 0.3) is 0 Å². The number of hydrogen-bond acceptors (Lipinski definition) is 3. The van der Waals surface area contributed by atoms with E-state index in [2.05, 4.69) is 29.8 Å². The normalized spacial score (nSPS) is 11.2. The van der Waals surface area contributed by atoms with Crippen molar-refractivity contribution in [1.82, 2.24) is 16.0 Å². The number of carbonyl (C=O) groups excluding carboxylic acids is 2. The van der Waals surface area contributed by atoms with Crippen molar-refractivity contribution in [2.45, 2.75) is 155 Å². The molecule has 0 radical (unpaired) electrons. The monoisotopic (exact) mass is 467 g/mol. The summed E-state index contributed by atoms with van der Waals surface area (Å²) in [6.45, 7) is 5.26. The van der Waals surface area contributed by atoms with Crippen molar-refractivity contribution in [3.05, 3.63) is 0 Å². The van der Waals surface area contributed by atoms with Crippen LogP contribution in [-0.2, 0) is 9.59 Å². The summed E-state index contributed by atoms with van der Waals surface area (Å²) in [5.41, 5.74) is 0. The van der Waals surface area contributed by atoms with E-state index in [1.54, 1.807) is 0 Å². The van der Waals surface area contributed by atoms with Crippen molar-refractivity contribution in [2.24, 2.45) is 0 Å². The van der Waals surface area contributed by atoms with Crippen molar-refractivity contribution in [1.29, 1.82) is 0 Å². The van der Waals surface area contributed by atoms with Gasteiger partial charge in [0.15, 0.2) is 0 Å². The molecule has 0 fully saturated rings. The summed E-state index contributed by atoms with van der Waals surface area (Å²) in [6.07, 6.45) is 24.0. The van der Waals surface area contributed by atoms with Gasteiger partial charge in [-0.15, -0.1) is 0 Å². The van der Waals surface area contributed by atoms with Crippen LogP contribution in [0.4, 0.5) is 0 Å². The molecule has 3 N–H and O–H groups in total. The van der Waals surface area contributed by atoms with Gasteiger partial charge in [0.05, 0.1) is 0 Å². The summed E-state index contributed by atoms with van der Waals surface area (Å²) in [5, 5.41) is 9.18. The van der Waals surface area contributed by atoms with Crippen LogP contribution < -0.4 is 16.0 Å². The molecule has 33 heavy (non-hydrogen) atoms. The highest BCUT2D eigenvalue weighted by atomic mass is 16.2. The maximum atomic E-state index is 12.3. The first-order valence-electron chi connectivity index (χ1n) is 14.4. The second kappa shape index (κ2) is 25.5. The zero-order valence-electron chi connectivity index (χ0n) is 22.5. The number of unbranched alkanes of at least 4 members (excludes halogenated alkanes) is 16. The summed E-state index contributed by atoms with van der Waals surface area (Å²) in [7, 11) is 1.89. The van der Waals surface area contributed by atoms with Gasteiger partial charge in [-0.25, -0.2) is 0 Å². The zero-order chi connectivity index (χ0) is 24.4. The molecule has 0 aromatic heterocycles. The molecule has 0 bridgehead atoms. The Kier molecular flexibility index (Phi) is 24.7. The van der Waals surface area contributed by atoms with E-state index >= 15 is 0 Å². The van der Waals surface area contributed by atoms with E-state index in [-0.39, 0.29) is 18.0 Å². The van der Waals surface area contributed by atoms with E-state index in [0.29, 0.717) is 19.3 Å². The van der Waals surface area contributed by atoms with Gasteiger partial charge in [-0.2, -0.15) is 0 Å². The second-order valence-electron chi connectivity index (χ2n) is 9.74. The smallest absolute Gasteiger partial charge is 0.221 e. The quantitative estimate of drug-likeness (QED) is 0.1000. The first-order chi connectivity index (χ1) is 16.1. The number of carbonyl (C=O) groups is 2. The van der Waals surface area contributed by atoms with Crippen molar-refractivity contribution in [3.63, 3.8) is 0 Å². The highest BCUT2D eigenvalue weighted by Gasteiger charge is 2.14. The predicted molar refractivity (Wildman–Crippen MR) is 142 cm³/mol. The van der Waals surface area contributed by atoms with E-state index in [1.807, 2.05) is 7.05 Å². The first kappa shape index (κ1) is 31.9. The number of hydrogen-bond donors (Lipinski definition) is 3. The van der Waals surface area contributed by atoms with Gasteiger partial charge in [0.25, 0.3) is 0 Å². The molecule has 0 aliphatic rings. The van der Waals surface area contributed by atoms with Crippen LogP contribution in [0, 0.1) is 0 Å². The molecule has 0 aliphatic heterocycles. The van der Waals surface area contributed by atoms with Gasteiger partial charge in [0.2, 0.25) is 11.8 Å². The Morgan fingerprint density at radius 1 is 0.545 bits per heavy atom. The molecule has 5 heteroatoms. The lowest BCUT2D eigenvalue weighted by molar-refractivity contribution is -0.124. The molecule has 0 unspecified atom stereocenters. The maximum Gasteiger partial charge on any atom is 0.221 e. The third-order valence-electron chi connectivity index (χ3n) is 6.37. The van der Waals surface area contributed by atoms with Crippen LogP contribution in [-0.4, -0.2) is 31.6 Å². The summed E-state index contributed by atoms with van der Waals surface area (Å²) in [5.74, 6) is 0.116. The molecule has 0 aliphatic carbocycles. The molecule has 0 spiro atoms. The third-order valence-corrected chi connectivity index (χ3v) is 6.37. The highest BCUT2D eigenvalue weighted by Crippen LogP contribution is 2.11. The van der Waals surface area contributed by atoms with Crippen LogP contribution in [0.3, 0.4) is 0 Å². The molecule has 0 aromatic carbocycles. The lowest BCUT2D eigenvalue weighted by atomic mass is 10.1. The molecule has 2 amide bonds. The molecule has 0 rings (SSSR count). The van der Waals surface area contributed by atoms with Crippen molar-refractivity contribution in [3.8, 4) is 0 Å². The van der Waals surface area contributed by atoms with E-state index in [1.165, 1.54) is 89.9 Å². The predicted octanol–water partition coefficient (Wildman–Crippen LogP) is 7.00. The Balaban J connectivity index is 3.87. The Labute approximate surface area is 206 Å². The summed E-state index contributed by atoms with van der Waals surface area (Å²) in [4.78, 5) is 24.7. The molecular formula is C28H57N3O2. The fourth-order valence-corrected chi connectivity index (χ4v) is 4.19. The van der Waals surface area contributed by atoms with Crippen molar-refractivity contribution < 1.29 is 9.59 Å². The van der Waals surface area contributed by atoms with Crippen LogP contribution in [0.15, 0.2) is 0 Å². The van der Waals surface area contributed by atoms with E-state index < -0.39 is 0 Å². The Morgan fingerprint density at radius 3 is 1.21 bits per heavy atom. The third kappa shape index (κ3) is 23.8. The standard InChI is InChI=1S/C28H57N3O2/c1-4-6-8-10-12-14-16-18-20-22-27(32)30-26(24-25-29-3)31-28(33)23-21-19-17-15-13-11-9-7-5-2/h26,29H,4-25H2,1-3H3,(H,30,32)(H,31,33). The Bertz CT molecular complexity index is 407. The summed E-state index contributed by atoms with van der Waals surface area (Å²) in [6, 6.07) is 0. The summed E-state index contributed by atoms with van der Waals surface area (Å²) >= 11 is 0. The topological polar surface area (TPSA) is 70.2 Å². The van der Waals surface area contributed by atoms with Crippen LogP contribution in [0.2, 0.25) is 0 Å². The van der Waals surface area contributed by atoms with Gasteiger partial charge in [-0.1, -0.05) is 117 Å². The minimum atomic E-state index is -0.269. The van der Waals surface area contributed by atoms with Crippen LogP contribution in [0.5, 0.6) is 0 Å². The van der Waals surface area contributed by atoms with Gasteiger partial charge in [-0.05, 0) is 32.9 Å². The lowest BCUT2D eigenvalue weighted by Crippen LogP contribution is -2.49. The fourth-order valence-electron chi connectivity index (χ4n) is 4.19. The second-order valence-corrected chi connectivity index (χ2v) is 9.74. The SMILES string of the molecule is CCCCCCCCCCCC(=O)NC(CCNC)NC(=O)CCCCCCCCCCC. The van der Waals surface area contributed by atoms with Gasteiger partial charge in [-0.3, -0.25) is 9.59 Å². The Hall–Kier alpha value is -1.10. The van der Waals surface area contributed by atoms with Gasteiger partial charge in [0.1, 0.15) is 6.17 Å². The minimum Gasteiger partial charge on any atom is -0.336 e. The molecule has 196 valence electrons. The highest BCUT2D eigenvalue weighted by molar-refractivity contribution is 5.79. The first-order valence-corrected chi connectivity index (χ1v) is 14.4. The van der Waals surface area contributed by atoms with Crippen molar-refractivity contribution in [2.75, 3.05) is 13.6 Å². The fraction of sp³-hybridized carbons (Fsp3) is 0.929. The largest absolute Gasteiger partial charge is 0.336 e. The molecule has 0 saturated heterocycles. The lowest BCUT2D eigenvalue weighted by Gasteiger charge is -2.20. The molecule has 0 saturated carbocycles. The van der Waals surface area contributed by atoms with Crippen LogP contribution in [0.1, 0.15) is 149 Å². The molecule has 0 heterocycles. The summed E-state index contributed by atoms with van der Waals surface area (Å²) < 4.78 is 0. The van der Waals surface area contributed by atoms with Crippen molar-refractivity contribution >= 4 is 11.8 Å². The number of nitrogens with one attached hydrogen (secondary N) is 3. The molecule has 5 nitrogen and oxygen atoms in total. The maximum absolute atomic E-state index is 12.3. The Morgan fingerprint density at radius 2 is 0.879 bits per heavy atom.